The normalized spacial score (nSPS) is 16.0. The van der Waals surface area contributed by atoms with Crippen LogP contribution < -0.4 is 11.4 Å². The highest BCUT2D eigenvalue weighted by Crippen LogP contribution is 2.41. The maximum atomic E-state index is 11.4. The van der Waals surface area contributed by atoms with Gasteiger partial charge >= 0.3 is 5.63 Å². The Labute approximate surface area is 107 Å². The van der Waals surface area contributed by atoms with Crippen molar-refractivity contribution in [2.45, 2.75) is 25.2 Å². The molecule has 0 bridgehead atoms. The molecule has 5 nitrogen and oxygen atoms in total. The summed E-state index contributed by atoms with van der Waals surface area (Å²) in [4.78, 5) is 15.7. The molecule has 1 fully saturated rings. The molecule has 0 radical (unpaired) electrons. The second-order valence-electron chi connectivity index (χ2n) is 5.06. The average Bonchev–Trinajstić information content (AvgIpc) is 2.70. The van der Waals surface area contributed by atoms with Gasteiger partial charge in [-0.25, -0.2) is 14.4 Å². The van der Waals surface area contributed by atoms with E-state index in [9.17, 15) is 4.79 Å². The Balaban J connectivity index is 2.04. The highest BCUT2D eigenvalue weighted by molar-refractivity contribution is 5.97. The van der Waals surface area contributed by atoms with E-state index in [0.29, 0.717) is 22.5 Å². The summed E-state index contributed by atoms with van der Waals surface area (Å²) in [6.07, 6.45) is 3.61. The number of nitrogen functional groups attached to an aromatic ring is 1. The van der Waals surface area contributed by atoms with Gasteiger partial charge in [-0.2, -0.15) is 0 Å². The predicted octanol–water partition coefficient (Wildman–Crippen LogP) is 2.78. The van der Waals surface area contributed by atoms with E-state index in [-0.39, 0.29) is 5.71 Å². The van der Waals surface area contributed by atoms with Gasteiger partial charge in [0, 0.05) is 5.39 Å². The van der Waals surface area contributed by atoms with Crippen LogP contribution in [0.5, 0.6) is 0 Å². The Morgan fingerprint density at radius 2 is 2.11 bits per heavy atom. The van der Waals surface area contributed by atoms with E-state index in [1.807, 2.05) is 12.1 Å². The van der Waals surface area contributed by atoms with Gasteiger partial charge in [0.15, 0.2) is 0 Å². The molecular weight excluding hydrogens is 244 g/mol. The van der Waals surface area contributed by atoms with Gasteiger partial charge in [-0.1, -0.05) is 18.6 Å². The SMILES string of the molecule is Nc1c(C2CCC2)ccc2cc3c(=O)ooc3nc12. The van der Waals surface area contributed by atoms with Gasteiger partial charge in [0.05, 0.1) is 11.2 Å². The molecule has 19 heavy (non-hydrogen) atoms. The van der Waals surface area contributed by atoms with Crippen LogP contribution in [0, 0.1) is 0 Å². The highest BCUT2D eigenvalue weighted by Gasteiger charge is 2.23. The summed E-state index contributed by atoms with van der Waals surface area (Å²) in [6.45, 7) is 0. The van der Waals surface area contributed by atoms with Gasteiger partial charge in [0.25, 0.3) is 5.71 Å². The molecule has 1 aliphatic carbocycles. The number of rotatable bonds is 1. The molecule has 0 aliphatic heterocycles. The quantitative estimate of drug-likeness (QED) is 0.534. The minimum absolute atomic E-state index is 0.204. The second kappa shape index (κ2) is 3.60. The fourth-order valence-corrected chi connectivity index (χ4v) is 2.67. The maximum absolute atomic E-state index is 11.4. The first kappa shape index (κ1) is 10.6. The fourth-order valence-electron chi connectivity index (χ4n) is 2.67. The smallest absolute Gasteiger partial charge is 0.391 e. The van der Waals surface area contributed by atoms with Crippen molar-refractivity contribution in [2.24, 2.45) is 0 Å². The third-order valence-corrected chi connectivity index (χ3v) is 3.99. The largest absolute Gasteiger partial charge is 0.397 e. The van der Waals surface area contributed by atoms with Crippen molar-refractivity contribution in [1.29, 1.82) is 0 Å². The van der Waals surface area contributed by atoms with Gasteiger partial charge in [-0.3, -0.25) is 4.58 Å². The molecule has 1 aliphatic rings. The van der Waals surface area contributed by atoms with Crippen LogP contribution in [0.15, 0.2) is 32.1 Å². The Bertz CT molecular complexity index is 843. The van der Waals surface area contributed by atoms with Crippen molar-refractivity contribution in [1.82, 2.24) is 4.98 Å². The Hall–Kier alpha value is -2.30. The van der Waals surface area contributed by atoms with Crippen LogP contribution in [-0.4, -0.2) is 4.98 Å². The van der Waals surface area contributed by atoms with Gasteiger partial charge in [-0.15, -0.1) is 0 Å². The lowest BCUT2D eigenvalue weighted by Crippen LogP contribution is -2.11. The van der Waals surface area contributed by atoms with Crippen LogP contribution in [0.25, 0.3) is 22.0 Å². The lowest BCUT2D eigenvalue weighted by Gasteiger charge is -2.27. The molecule has 0 amide bonds. The van der Waals surface area contributed by atoms with Crippen LogP contribution in [0.1, 0.15) is 30.7 Å². The van der Waals surface area contributed by atoms with Gasteiger partial charge in [0.1, 0.15) is 5.39 Å². The molecule has 0 saturated heterocycles. The lowest BCUT2D eigenvalue weighted by atomic mass is 9.79. The first-order chi connectivity index (χ1) is 9.24. The summed E-state index contributed by atoms with van der Waals surface area (Å²) >= 11 is 0. The summed E-state index contributed by atoms with van der Waals surface area (Å²) in [6, 6.07) is 5.71. The standard InChI is InChI=1S/C14H12N2O3/c15-11-9(7-2-1-3-7)5-4-8-6-10-13(16-12(8)11)18-19-14(10)17/h4-7H,1-3,15H2. The summed E-state index contributed by atoms with van der Waals surface area (Å²) in [7, 11) is 0. The van der Waals surface area contributed by atoms with Gasteiger partial charge in [0.2, 0.25) is 0 Å². The third-order valence-electron chi connectivity index (χ3n) is 3.99. The van der Waals surface area contributed by atoms with E-state index in [2.05, 4.69) is 9.56 Å². The van der Waals surface area contributed by atoms with E-state index in [1.54, 1.807) is 6.07 Å². The maximum Gasteiger partial charge on any atom is 0.391 e. The average molecular weight is 256 g/mol. The van der Waals surface area contributed by atoms with Crippen molar-refractivity contribution < 1.29 is 9.15 Å². The number of aromatic nitrogens is 1. The molecule has 4 rings (SSSR count). The molecular formula is C14H12N2O3. The minimum atomic E-state index is -0.508. The van der Waals surface area contributed by atoms with Crippen molar-refractivity contribution in [3.05, 3.63) is 34.2 Å². The van der Waals surface area contributed by atoms with E-state index >= 15 is 0 Å². The second-order valence-corrected chi connectivity index (χ2v) is 5.06. The molecule has 2 aromatic heterocycles. The zero-order valence-electron chi connectivity index (χ0n) is 10.2. The lowest BCUT2D eigenvalue weighted by molar-refractivity contribution is 0.0637. The summed E-state index contributed by atoms with van der Waals surface area (Å²) < 4.78 is 9.30. The van der Waals surface area contributed by atoms with E-state index in [1.165, 1.54) is 19.3 Å². The number of hydrogen-bond donors (Lipinski definition) is 1. The molecule has 0 unspecified atom stereocenters. The number of hydrogen-bond acceptors (Lipinski definition) is 5. The molecule has 1 saturated carbocycles. The Morgan fingerprint density at radius 3 is 2.84 bits per heavy atom. The highest BCUT2D eigenvalue weighted by atomic mass is 17.0. The molecule has 0 spiro atoms. The zero-order chi connectivity index (χ0) is 13.0. The van der Waals surface area contributed by atoms with Crippen LogP contribution in [0.4, 0.5) is 5.69 Å². The molecule has 2 N–H and O–H groups in total. The number of anilines is 1. The topological polar surface area (TPSA) is 82.3 Å². The number of fused-ring (bicyclic) bond motifs is 2. The molecule has 0 atom stereocenters. The number of nitrogens with two attached hydrogens (primary N) is 1. The third kappa shape index (κ3) is 1.41. The minimum Gasteiger partial charge on any atom is -0.397 e. The van der Waals surface area contributed by atoms with Crippen molar-refractivity contribution in [3.63, 3.8) is 0 Å². The van der Waals surface area contributed by atoms with Gasteiger partial charge in [-0.05, 0) is 30.4 Å². The molecule has 5 heteroatoms. The van der Waals surface area contributed by atoms with Crippen molar-refractivity contribution in [2.75, 3.05) is 5.73 Å². The number of pyridine rings is 1. The first-order valence-electron chi connectivity index (χ1n) is 6.36. The predicted molar refractivity (Wildman–Crippen MR) is 71.1 cm³/mol. The van der Waals surface area contributed by atoms with Crippen LogP contribution in [-0.2, 0) is 0 Å². The van der Waals surface area contributed by atoms with Crippen molar-refractivity contribution >= 4 is 27.7 Å². The van der Waals surface area contributed by atoms with Gasteiger partial charge < -0.3 is 5.73 Å². The van der Waals surface area contributed by atoms with E-state index in [4.69, 9.17) is 10.3 Å². The Kier molecular flexibility index (Phi) is 2.01. The first-order valence-corrected chi connectivity index (χ1v) is 6.36. The van der Waals surface area contributed by atoms with E-state index in [0.717, 1.165) is 10.9 Å². The van der Waals surface area contributed by atoms with Crippen LogP contribution in [0.2, 0.25) is 0 Å². The van der Waals surface area contributed by atoms with Crippen LogP contribution >= 0.6 is 0 Å². The molecule has 1 aromatic carbocycles. The summed E-state index contributed by atoms with van der Waals surface area (Å²) in [5, 5.41) is 1.19. The number of nitrogens with zero attached hydrogens (tertiary/aromatic N) is 1. The Morgan fingerprint density at radius 1 is 1.26 bits per heavy atom. The fraction of sp³-hybridized carbons (Fsp3) is 0.286. The van der Waals surface area contributed by atoms with Crippen molar-refractivity contribution in [3.8, 4) is 0 Å². The van der Waals surface area contributed by atoms with E-state index < -0.39 is 5.63 Å². The zero-order valence-corrected chi connectivity index (χ0v) is 10.2. The molecule has 2 heterocycles. The molecule has 96 valence electrons. The summed E-state index contributed by atoms with van der Waals surface area (Å²) in [5.41, 5.74) is 8.43. The summed E-state index contributed by atoms with van der Waals surface area (Å²) in [5.74, 6) is 0.540. The number of benzene rings is 1. The molecule has 3 aromatic rings. The monoisotopic (exact) mass is 256 g/mol. The van der Waals surface area contributed by atoms with Crippen LogP contribution in [0.3, 0.4) is 0 Å².